The van der Waals surface area contributed by atoms with Crippen LogP contribution in [0.15, 0.2) is 172 Å². The van der Waals surface area contributed by atoms with Crippen molar-refractivity contribution in [1.29, 1.82) is 0 Å². The number of aryl methyl sites for hydroxylation is 2. The molecule has 0 amide bonds. The van der Waals surface area contributed by atoms with Gasteiger partial charge in [0.25, 0.3) is 0 Å². The van der Waals surface area contributed by atoms with Gasteiger partial charge in [-0.2, -0.15) is 0 Å². The number of carbonyl (C=O) groups is 9. The molecule has 32 heteroatoms. The van der Waals surface area contributed by atoms with Gasteiger partial charge >= 0.3 is 151 Å². The summed E-state index contributed by atoms with van der Waals surface area (Å²) in [5, 5.41) is 15.9. The molecule has 0 unspecified atom stereocenters. The van der Waals surface area contributed by atoms with Crippen LogP contribution in [-0.4, -0.2) is 113 Å². The molecule has 8 aromatic rings. The Bertz CT molecular complexity index is 4100. The van der Waals surface area contributed by atoms with Crippen LogP contribution in [0.5, 0.6) is 0 Å². The maximum absolute atomic E-state index is 13.7. The number of carboxylic acids is 1. The van der Waals surface area contributed by atoms with Gasteiger partial charge in [-0.25, -0.2) is 51.1 Å². The third-order valence-electron chi connectivity index (χ3n) is 11.3. The summed E-state index contributed by atoms with van der Waals surface area (Å²) in [4.78, 5) is 108. The van der Waals surface area contributed by atoms with Crippen molar-refractivity contribution in [2.24, 2.45) is 11.5 Å². The van der Waals surface area contributed by atoms with E-state index in [2.05, 4.69) is 19.4 Å². The fourth-order valence-corrected chi connectivity index (χ4v) is 10.1. The average Bonchev–Trinajstić information content (AvgIpc) is 1.68. The number of ketones is 1. The molecule has 25 nitrogen and oxygen atoms in total. The number of rotatable bonds is 19. The number of ether oxygens (including phenoxy) is 5. The van der Waals surface area contributed by atoms with E-state index in [1.54, 1.807) is 89.2 Å². The Hall–Kier alpha value is -10.9. The second-order valence-electron chi connectivity index (χ2n) is 18.7. The summed E-state index contributed by atoms with van der Waals surface area (Å²) in [6.07, 6.45) is 0.649. The van der Waals surface area contributed by atoms with Crippen LogP contribution in [0.3, 0.4) is 0 Å². The number of benzene rings is 6. The first kappa shape index (κ1) is 94.2. The zero-order valence-electron chi connectivity index (χ0n) is 57.1. The number of halogens is 6. The number of nitrogens with zero attached hydrogens (tertiary/aromatic N) is 2. The molecular weight excluding hydrogens is 1470 g/mol. The molecule has 0 radical (unpaired) electrons. The summed E-state index contributed by atoms with van der Waals surface area (Å²) in [7, 11) is 1.00. The van der Waals surface area contributed by atoms with Gasteiger partial charge in [0, 0.05) is 61.9 Å². The van der Waals surface area contributed by atoms with Crippen LogP contribution >= 0.6 is 20.6 Å². The fraction of sp³-hybridized carbons (Fsp3) is 0.225. The van der Waals surface area contributed by atoms with Crippen molar-refractivity contribution in [3.8, 4) is 22.5 Å². The molecule has 6 aromatic carbocycles. The predicted molar refractivity (Wildman–Crippen MR) is 369 cm³/mol. The van der Waals surface area contributed by atoms with Crippen LogP contribution in [-0.2, 0) is 58.6 Å². The van der Waals surface area contributed by atoms with Gasteiger partial charge in [-0.3, -0.25) is 14.4 Å². The maximum Gasteiger partial charge on any atom is 1.00 e. The number of nitrogens with two attached hydrogens (primary N) is 2. The second-order valence-corrected chi connectivity index (χ2v) is 22.1. The van der Waals surface area contributed by atoms with Gasteiger partial charge in [-0.1, -0.05) is 68.1 Å². The summed E-state index contributed by atoms with van der Waals surface area (Å²) in [6, 6.07) is 38.0. The standard InChI is InChI=1S/C13H14FNO4.C13H12FNO3.C11H8FNO3.C11H12FNO2.C11H11FO3.C10H11IO4.CH4O.CH4.Li.H2O/c1-3-18-13(17)12(19-8(2)16)11(15)9-6-4-5-7-10(9)14;1-3-17-13(16)12-11(15-8(2)18-12)9-6-4-5-7-10(9)14;1-6-13-9(10(16-6)11(14)15)7-4-2-3-5-8(7)12;2*1-2-15-11(14)7-10(13)8-5-3-4-6-9(8)12;1-8(12)14-11(15-9(2)13)10-6-4-3-5-7-10;1-2;;;/h4-7H,3,15H2,1-2H3;4-7H,3H2,1-2H3;2-5H,1H3,(H,14,15);3-7H,2,13H2,1H3;3-6H,2,7H2,1H3;3-7H,1-2H3;2H,1H3;1H4;;1H2/q;;;;;;;;+1;/p-1/b12-11-;;;10-7+;;;;;;. The Kier molecular flexibility index (Phi) is 46.2. The van der Waals surface area contributed by atoms with E-state index in [1.807, 2.05) is 18.2 Å². The molecule has 0 fully saturated rings. The molecular formula is C71H77F5ILiN4O21. The van der Waals surface area contributed by atoms with Gasteiger partial charge in [0.1, 0.15) is 46.9 Å². The normalized spacial score (nSPS) is 10.2. The van der Waals surface area contributed by atoms with Gasteiger partial charge in [-0.15, -0.1) is 0 Å². The molecule has 7 N–H and O–H groups in total. The first-order valence-corrected chi connectivity index (χ1v) is 32.3. The van der Waals surface area contributed by atoms with Crippen molar-refractivity contribution in [2.45, 2.75) is 76.2 Å². The minimum absolute atomic E-state index is 0. The van der Waals surface area contributed by atoms with Crippen LogP contribution in [0, 0.1) is 46.5 Å². The fourth-order valence-electron chi connectivity index (χ4n) is 7.38. The first-order chi connectivity index (χ1) is 47.6. The molecule has 0 atom stereocenters. The number of oxazole rings is 2. The molecule has 103 heavy (non-hydrogen) atoms. The van der Waals surface area contributed by atoms with Crippen molar-refractivity contribution in [2.75, 3.05) is 33.5 Å². The predicted octanol–water partition coefficient (Wildman–Crippen LogP) is 10.1. The van der Waals surface area contributed by atoms with E-state index in [4.69, 9.17) is 50.9 Å². The van der Waals surface area contributed by atoms with Gasteiger partial charge in [-0.05, 0) is 88.4 Å². The summed E-state index contributed by atoms with van der Waals surface area (Å²) in [6.45, 7) is 14.2. The molecule has 0 aliphatic heterocycles. The van der Waals surface area contributed by atoms with E-state index in [-0.39, 0.29) is 132 Å². The zero-order chi connectivity index (χ0) is 75.0. The SMILES string of the molecule is C.CC(=O)OI(OC(C)=O)c1ccccc1.CCOC(=O)/C(OC(C)=O)=C(/N)c1ccccc1F.CCOC(=O)/C=C(/N)c1ccccc1F.CCOC(=O)CC(=O)c1ccccc1F.CCOC(=O)c1oc(C)nc1-c1ccccc1F.CO.Cc1nc(-c2ccccc2F)c(C(=O)O)o1.[Li+].[OH-]. The summed E-state index contributed by atoms with van der Waals surface area (Å²) in [5.74, 6) is -9.35. The molecule has 2 aromatic heterocycles. The van der Waals surface area contributed by atoms with Gasteiger partial charge < -0.3 is 59.7 Å². The molecule has 0 aliphatic carbocycles. The smallest absolute Gasteiger partial charge is 0.870 e. The Labute approximate surface area is 610 Å². The van der Waals surface area contributed by atoms with Crippen molar-refractivity contribution in [1.82, 2.24) is 9.97 Å². The van der Waals surface area contributed by atoms with Crippen molar-refractivity contribution < 1.29 is 138 Å². The Balaban J connectivity index is 0. The van der Waals surface area contributed by atoms with Crippen LogP contribution in [0.4, 0.5) is 22.0 Å². The summed E-state index contributed by atoms with van der Waals surface area (Å²) >= 11 is -2.59. The number of aromatic carboxylic acids is 1. The van der Waals surface area contributed by atoms with Crippen LogP contribution in [0.1, 0.15) is 117 Å². The third-order valence-corrected chi connectivity index (χ3v) is 15.1. The molecule has 8 rings (SSSR count). The number of aliphatic hydroxyl groups excluding tert-OH is 1. The van der Waals surface area contributed by atoms with Gasteiger partial charge in [0.05, 0.1) is 37.7 Å². The number of carboxylic acid groups (broad SMARTS) is 1. The average molecular weight is 1550 g/mol. The van der Waals surface area contributed by atoms with Crippen LogP contribution in [0.25, 0.3) is 33.9 Å². The summed E-state index contributed by atoms with van der Waals surface area (Å²) in [5.41, 5.74) is 11.6. The maximum atomic E-state index is 13.7. The number of esters is 5. The number of aliphatic hydroxyl groups is 1. The number of aromatic nitrogens is 2. The molecule has 550 valence electrons. The topological polar surface area (TPSA) is 393 Å². The second kappa shape index (κ2) is 50.5. The number of carbonyl (C=O) groups excluding carboxylic acids is 8. The number of hydrogen-bond acceptors (Lipinski definition) is 24. The monoisotopic (exact) mass is 1550 g/mol. The minimum Gasteiger partial charge on any atom is -0.870 e. The molecule has 0 spiro atoms. The van der Waals surface area contributed by atoms with E-state index >= 15 is 0 Å². The van der Waals surface area contributed by atoms with E-state index in [1.165, 1.54) is 99.6 Å². The van der Waals surface area contributed by atoms with Crippen molar-refractivity contribution >= 4 is 85.6 Å². The molecule has 0 saturated carbocycles. The zero-order valence-corrected chi connectivity index (χ0v) is 59.2. The van der Waals surface area contributed by atoms with E-state index < -0.39 is 115 Å². The molecule has 2 heterocycles. The summed E-state index contributed by atoms with van der Waals surface area (Å²) < 4.78 is 111. The van der Waals surface area contributed by atoms with Gasteiger partial charge in [0.15, 0.2) is 17.6 Å². The number of Topliss-reactive ketones (excluding diaryl/α,β-unsaturated/α-hetero) is 1. The van der Waals surface area contributed by atoms with E-state index in [0.29, 0.717) is 0 Å². The van der Waals surface area contributed by atoms with Crippen LogP contribution in [0.2, 0.25) is 0 Å². The third kappa shape index (κ3) is 33.0. The van der Waals surface area contributed by atoms with Crippen LogP contribution < -0.4 is 30.3 Å². The molecule has 0 saturated heterocycles. The first-order valence-electron chi connectivity index (χ1n) is 29.4. The molecule has 0 bridgehead atoms. The quantitative estimate of drug-likeness (QED) is 0.00672. The Morgan fingerprint density at radius 3 is 1.31 bits per heavy atom. The van der Waals surface area contributed by atoms with E-state index in [0.717, 1.165) is 23.7 Å². The Morgan fingerprint density at radius 2 is 0.903 bits per heavy atom. The largest absolute Gasteiger partial charge is 1.00 e. The van der Waals surface area contributed by atoms with Crippen molar-refractivity contribution in [3.05, 3.63) is 236 Å². The van der Waals surface area contributed by atoms with Crippen molar-refractivity contribution in [3.63, 3.8) is 0 Å². The minimum atomic E-state index is -2.59. The Morgan fingerprint density at radius 1 is 0.515 bits per heavy atom. The number of hydrogen-bond donors (Lipinski definition) is 4. The molecule has 0 aliphatic rings. The van der Waals surface area contributed by atoms with Gasteiger partial charge in [0.2, 0.25) is 17.3 Å². The van der Waals surface area contributed by atoms with E-state index in [9.17, 15) is 65.1 Å².